The van der Waals surface area contributed by atoms with Crippen molar-refractivity contribution in [2.24, 2.45) is 5.92 Å². The summed E-state index contributed by atoms with van der Waals surface area (Å²) < 4.78 is 0. The summed E-state index contributed by atoms with van der Waals surface area (Å²) in [6, 6.07) is 11.1. The van der Waals surface area contributed by atoms with Crippen molar-refractivity contribution in [2.75, 3.05) is 13.1 Å². The molecule has 2 unspecified atom stereocenters. The van der Waals surface area contributed by atoms with E-state index in [0.29, 0.717) is 6.04 Å². The van der Waals surface area contributed by atoms with E-state index >= 15 is 0 Å². The molecule has 2 atom stereocenters. The molecule has 3 saturated heterocycles. The molecule has 16 heavy (non-hydrogen) atoms. The van der Waals surface area contributed by atoms with Crippen molar-refractivity contribution in [2.45, 2.75) is 30.7 Å². The number of piperidine rings is 3. The van der Waals surface area contributed by atoms with Gasteiger partial charge in [-0.15, -0.1) is 11.6 Å². The second-order valence-electron chi connectivity index (χ2n) is 5.09. The second kappa shape index (κ2) is 4.38. The molecule has 0 radical (unpaired) electrons. The Hall–Kier alpha value is -0.530. The van der Waals surface area contributed by atoms with Crippen LogP contribution in [0.25, 0.3) is 0 Å². The van der Waals surface area contributed by atoms with Crippen LogP contribution in [0.1, 0.15) is 30.2 Å². The molecule has 3 aliphatic heterocycles. The van der Waals surface area contributed by atoms with Crippen molar-refractivity contribution in [1.29, 1.82) is 0 Å². The molecule has 3 aliphatic rings. The van der Waals surface area contributed by atoms with E-state index in [2.05, 4.69) is 35.2 Å². The Morgan fingerprint density at radius 3 is 2.38 bits per heavy atom. The fraction of sp³-hybridized carbons (Fsp3) is 0.571. The average Bonchev–Trinajstić information content (AvgIpc) is 2.40. The van der Waals surface area contributed by atoms with E-state index in [1.807, 2.05) is 0 Å². The summed E-state index contributed by atoms with van der Waals surface area (Å²) in [5, 5.41) is 0.171. The number of alkyl halides is 1. The second-order valence-corrected chi connectivity index (χ2v) is 5.57. The lowest BCUT2D eigenvalue weighted by molar-refractivity contribution is 0.0472. The van der Waals surface area contributed by atoms with Gasteiger partial charge in [-0.05, 0) is 43.8 Å². The van der Waals surface area contributed by atoms with Gasteiger partial charge in [-0.3, -0.25) is 4.90 Å². The number of halogens is 1. The molecule has 1 aromatic rings. The minimum absolute atomic E-state index is 0.171. The van der Waals surface area contributed by atoms with Crippen molar-refractivity contribution in [3.05, 3.63) is 35.9 Å². The predicted molar refractivity (Wildman–Crippen MR) is 67.7 cm³/mol. The smallest absolute Gasteiger partial charge is 0.0740 e. The van der Waals surface area contributed by atoms with E-state index in [9.17, 15) is 0 Å². The van der Waals surface area contributed by atoms with Gasteiger partial charge in [0.1, 0.15) is 0 Å². The number of fused-ring (bicyclic) bond motifs is 3. The standard InChI is InChI=1S/C14H18ClN/c15-14(12-4-2-1-3-5-12)13-10-11-6-8-16(13)9-7-11/h1-5,11,13-14H,6-10H2. The summed E-state index contributed by atoms with van der Waals surface area (Å²) >= 11 is 6.64. The zero-order valence-electron chi connectivity index (χ0n) is 9.48. The van der Waals surface area contributed by atoms with E-state index in [1.165, 1.54) is 37.9 Å². The Balaban J connectivity index is 1.78. The predicted octanol–water partition coefficient (Wildman–Crippen LogP) is 3.45. The minimum atomic E-state index is 0.171. The maximum absolute atomic E-state index is 6.64. The van der Waals surface area contributed by atoms with E-state index in [0.717, 1.165) is 5.92 Å². The SMILES string of the molecule is ClC(c1ccccc1)C1CC2CCN1CC2. The maximum atomic E-state index is 6.64. The van der Waals surface area contributed by atoms with Crippen LogP contribution in [0.2, 0.25) is 0 Å². The lowest BCUT2D eigenvalue weighted by Gasteiger charge is -2.47. The van der Waals surface area contributed by atoms with Crippen molar-refractivity contribution in [3.63, 3.8) is 0 Å². The lowest BCUT2D eigenvalue weighted by Crippen LogP contribution is -2.50. The van der Waals surface area contributed by atoms with E-state index in [1.54, 1.807) is 0 Å². The number of benzene rings is 1. The highest BCUT2D eigenvalue weighted by Crippen LogP contribution is 2.40. The zero-order chi connectivity index (χ0) is 11.0. The molecular weight excluding hydrogens is 218 g/mol. The third kappa shape index (κ3) is 1.87. The summed E-state index contributed by atoms with van der Waals surface area (Å²) in [5.41, 5.74) is 1.28. The summed E-state index contributed by atoms with van der Waals surface area (Å²) in [5.74, 6) is 0.931. The van der Waals surface area contributed by atoms with Crippen molar-refractivity contribution >= 4 is 11.6 Å². The van der Waals surface area contributed by atoms with Crippen molar-refractivity contribution in [1.82, 2.24) is 4.90 Å². The van der Waals surface area contributed by atoms with E-state index in [-0.39, 0.29) is 5.38 Å². The van der Waals surface area contributed by atoms with Crippen LogP contribution in [0, 0.1) is 5.92 Å². The maximum Gasteiger partial charge on any atom is 0.0740 e. The topological polar surface area (TPSA) is 3.24 Å². The molecule has 3 heterocycles. The highest BCUT2D eigenvalue weighted by molar-refractivity contribution is 6.21. The largest absolute Gasteiger partial charge is 0.299 e. The number of hydrogen-bond acceptors (Lipinski definition) is 1. The molecule has 3 fully saturated rings. The highest BCUT2D eigenvalue weighted by Gasteiger charge is 2.37. The first-order valence-corrected chi connectivity index (χ1v) is 6.71. The Morgan fingerprint density at radius 2 is 1.81 bits per heavy atom. The van der Waals surface area contributed by atoms with Crippen LogP contribution in [-0.2, 0) is 0 Å². The minimum Gasteiger partial charge on any atom is -0.299 e. The van der Waals surface area contributed by atoms with Gasteiger partial charge in [0.15, 0.2) is 0 Å². The summed E-state index contributed by atoms with van der Waals surface area (Å²) in [6.07, 6.45) is 4.06. The van der Waals surface area contributed by atoms with Crippen LogP contribution >= 0.6 is 11.6 Å². The van der Waals surface area contributed by atoms with Crippen LogP contribution in [0.3, 0.4) is 0 Å². The Bertz CT molecular complexity index is 343. The molecule has 0 spiro atoms. The molecule has 4 rings (SSSR count). The molecule has 86 valence electrons. The van der Waals surface area contributed by atoms with Gasteiger partial charge in [0.25, 0.3) is 0 Å². The number of rotatable bonds is 2. The third-order valence-corrected chi connectivity index (χ3v) is 4.69. The molecule has 2 bridgehead atoms. The molecule has 0 amide bonds. The van der Waals surface area contributed by atoms with E-state index in [4.69, 9.17) is 11.6 Å². The molecule has 0 aromatic heterocycles. The van der Waals surface area contributed by atoms with Crippen molar-refractivity contribution in [3.8, 4) is 0 Å². The molecular formula is C14H18ClN. The molecule has 2 heteroatoms. The van der Waals surface area contributed by atoms with Gasteiger partial charge < -0.3 is 0 Å². The molecule has 0 saturated carbocycles. The van der Waals surface area contributed by atoms with Crippen LogP contribution in [0.5, 0.6) is 0 Å². The fourth-order valence-electron chi connectivity index (χ4n) is 3.17. The first kappa shape index (κ1) is 10.6. The molecule has 1 nitrogen and oxygen atoms in total. The Kier molecular flexibility index (Phi) is 2.91. The zero-order valence-corrected chi connectivity index (χ0v) is 10.2. The molecule has 1 aromatic carbocycles. The Labute approximate surface area is 102 Å². The first-order chi connectivity index (χ1) is 7.84. The van der Waals surface area contributed by atoms with Gasteiger partial charge in [0.05, 0.1) is 5.38 Å². The van der Waals surface area contributed by atoms with Crippen molar-refractivity contribution < 1.29 is 0 Å². The highest BCUT2D eigenvalue weighted by atomic mass is 35.5. The Morgan fingerprint density at radius 1 is 1.12 bits per heavy atom. The van der Waals surface area contributed by atoms with Crippen LogP contribution < -0.4 is 0 Å². The lowest BCUT2D eigenvalue weighted by atomic mass is 9.81. The molecule has 0 aliphatic carbocycles. The summed E-state index contributed by atoms with van der Waals surface area (Å²) in [7, 11) is 0. The van der Waals surface area contributed by atoms with Gasteiger partial charge in [-0.1, -0.05) is 30.3 Å². The summed E-state index contributed by atoms with van der Waals surface area (Å²) in [6.45, 7) is 2.51. The number of nitrogens with zero attached hydrogens (tertiary/aromatic N) is 1. The quantitative estimate of drug-likeness (QED) is 0.710. The number of hydrogen-bond donors (Lipinski definition) is 0. The normalized spacial score (nSPS) is 34.9. The third-order valence-electron chi connectivity index (χ3n) is 4.15. The average molecular weight is 236 g/mol. The fourth-order valence-corrected chi connectivity index (χ4v) is 3.58. The van der Waals surface area contributed by atoms with Crippen LogP contribution in [0.15, 0.2) is 30.3 Å². The van der Waals surface area contributed by atoms with Gasteiger partial charge in [-0.25, -0.2) is 0 Å². The van der Waals surface area contributed by atoms with Gasteiger partial charge in [0.2, 0.25) is 0 Å². The van der Waals surface area contributed by atoms with Crippen LogP contribution in [-0.4, -0.2) is 24.0 Å². The van der Waals surface area contributed by atoms with Crippen LogP contribution in [0.4, 0.5) is 0 Å². The van der Waals surface area contributed by atoms with Gasteiger partial charge >= 0.3 is 0 Å². The molecule has 0 N–H and O–H groups in total. The first-order valence-electron chi connectivity index (χ1n) is 6.27. The van der Waals surface area contributed by atoms with Gasteiger partial charge in [0, 0.05) is 6.04 Å². The van der Waals surface area contributed by atoms with Gasteiger partial charge in [-0.2, -0.15) is 0 Å². The van der Waals surface area contributed by atoms with E-state index < -0.39 is 0 Å². The summed E-state index contributed by atoms with van der Waals surface area (Å²) in [4.78, 5) is 2.59. The monoisotopic (exact) mass is 235 g/mol.